The lowest BCUT2D eigenvalue weighted by Crippen LogP contribution is -2.28. The molecule has 0 aromatic heterocycles. The normalized spacial score (nSPS) is 10.4. The number of carbonyl (C=O) groups is 1. The van der Waals surface area contributed by atoms with Crippen LogP contribution in [0.4, 0.5) is 4.79 Å². The molecule has 0 aliphatic heterocycles. The smallest absolute Gasteiger partial charge is 0.405 e. The second-order valence-electron chi connectivity index (χ2n) is 2.23. The van der Waals surface area contributed by atoms with Gasteiger partial charge >= 0.3 is 6.09 Å². The fraction of sp³-hybridized carbons (Fsp3) is 0.500. The number of amides is 1. The first kappa shape index (κ1) is 8.01. The molecular weight excluding hydrogens is 118 g/mol. The average molecular weight is 129 g/mol. The highest BCUT2D eigenvalue weighted by molar-refractivity contribution is 5.65. The molecule has 0 unspecified atom stereocenters. The minimum absolute atomic E-state index is 0.647. The second kappa shape index (κ2) is 2.53. The maximum Gasteiger partial charge on any atom is 0.405 e. The maximum atomic E-state index is 10.1. The van der Waals surface area contributed by atoms with Crippen LogP contribution in [-0.2, 0) is 4.74 Å². The van der Waals surface area contributed by atoms with Gasteiger partial charge in [-0.05, 0) is 19.9 Å². The molecule has 0 aliphatic carbocycles. The van der Waals surface area contributed by atoms with Crippen molar-refractivity contribution in [3.05, 3.63) is 12.7 Å². The molecule has 9 heavy (non-hydrogen) atoms. The third kappa shape index (κ3) is 3.58. The van der Waals surface area contributed by atoms with Gasteiger partial charge in [0.15, 0.2) is 0 Å². The average Bonchev–Trinajstić information content (AvgIpc) is 1.63. The summed E-state index contributed by atoms with van der Waals surface area (Å²) in [6.07, 6.45) is 0.734. The summed E-state index contributed by atoms with van der Waals surface area (Å²) in [7, 11) is 0. The van der Waals surface area contributed by atoms with E-state index in [1.807, 2.05) is 0 Å². The fourth-order valence-electron chi connectivity index (χ4n) is 0.301. The zero-order valence-corrected chi connectivity index (χ0v) is 5.68. The van der Waals surface area contributed by atoms with Crippen LogP contribution in [0, 0.1) is 0 Å². The molecular formula is C6H11NO2. The molecule has 0 saturated heterocycles. The molecule has 3 nitrogen and oxygen atoms in total. The van der Waals surface area contributed by atoms with E-state index < -0.39 is 11.7 Å². The Bertz CT molecular complexity index is 129. The minimum Gasteiger partial charge on any atom is -0.439 e. The van der Waals surface area contributed by atoms with Crippen molar-refractivity contribution < 1.29 is 9.53 Å². The standard InChI is InChI=1S/C6H11NO2/c1-4-6(2,3)9-5(7)8/h4H,1H2,2-3H3,(H2,7,8). The van der Waals surface area contributed by atoms with E-state index in [1.54, 1.807) is 13.8 Å². The summed E-state index contributed by atoms with van der Waals surface area (Å²) in [5, 5.41) is 0. The molecule has 0 bridgehead atoms. The van der Waals surface area contributed by atoms with Crippen molar-refractivity contribution in [2.45, 2.75) is 19.4 Å². The SMILES string of the molecule is C=CC(C)(C)OC(N)=O. The molecule has 3 heteroatoms. The van der Waals surface area contributed by atoms with Crippen LogP contribution in [0.1, 0.15) is 13.8 Å². The lowest BCUT2D eigenvalue weighted by molar-refractivity contribution is 0.0804. The molecule has 0 fully saturated rings. The number of nitrogens with two attached hydrogens (primary N) is 1. The van der Waals surface area contributed by atoms with E-state index in [0.717, 1.165) is 0 Å². The number of hydrogen-bond donors (Lipinski definition) is 1. The van der Waals surface area contributed by atoms with E-state index in [9.17, 15) is 4.79 Å². The molecule has 0 aromatic carbocycles. The van der Waals surface area contributed by atoms with Gasteiger partial charge in [0.2, 0.25) is 0 Å². The second-order valence-corrected chi connectivity index (χ2v) is 2.23. The summed E-state index contributed by atoms with van der Waals surface area (Å²) >= 11 is 0. The van der Waals surface area contributed by atoms with Crippen molar-refractivity contribution in [2.75, 3.05) is 0 Å². The summed E-state index contributed by atoms with van der Waals surface area (Å²) in [4.78, 5) is 10.1. The van der Waals surface area contributed by atoms with Gasteiger partial charge in [-0.2, -0.15) is 0 Å². The molecule has 0 heterocycles. The number of primary amides is 1. The first-order chi connectivity index (χ1) is 3.98. The van der Waals surface area contributed by atoms with Crippen LogP contribution in [0.2, 0.25) is 0 Å². The van der Waals surface area contributed by atoms with Gasteiger partial charge in [-0.3, -0.25) is 0 Å². The van der Waals surface area contributed by atoms with Crippen molar-refractivity contribution in [3.63, 3.8) is 0 Å². The van der Waals surface area contributed by atoms with E-state index in [2.05, 4.69) is 11.3 Å². The first-order valence-corrected chi connectivity index (χ1v) is 2.60. The van der Waals surface area contributed by atoms with Gasteiger partial charge < -0.3 is 10.5 Å². The highest BCUT2D eigenvalue weighted by Crippen LogP contribution is 2.08. The Morgan fingerprint density at radius 3 is 2.33 bits per heavy atom. The van der Waals surface area contributed by atoms with Gasteiger partial charge in [-0.25, -0.2) is 4.79 Å². The number of ether oxygens (including phenoxy) is 1. The minimum atomic E-state index is -0.778. The Hall–Kier alpha value is -0.990. The fourth-order valence-corrected chi connectivity index (χ4v) is 0.301. The van der Waals surface area contributed by atoms with E-state index in [0.29, 0.717) is 0 Å². The lowest BCUT2D eigenvalue weighted by Gasteiger charge is -2.18. The Kier molecular flexibility index (Phi) is 2.25. The van der Waals surface area contributed by atoms with Gasteiger partial charge in [-0.1, -0.05) is 6.58 Å². The molecule has 0 atom stereocenters. The molecule has 0 spiro atoms. The highest BCUT2D eigenvalue weighted by atomic mass is 16.6. The highest BCUT2D eigenvalue weighted by Gasteiger charge is 2.15. The molecule has 0 aromatic rings. The number of rotatable bonds is 2. The van der Waals surface area contributed by atoms with Crippen molar-refractivity contribution >= 4 is 6.09 Å². The topological polar surface area (TPSA) is 52.3 Å². The molecule has 0 aliphatic rings. The van der Waals surface area contributed by atoms with E-state index in [4.69, 9.17) is 5.73 Å². The maximum absolute atomic E-state index is 10.1. The third-order valence-electron chi connectivity index (χ3n) is 0.855. The Balaban J connectivity index is 3.86. The Labute approximate surface area is 54.5 Å². The number of carbonyl (C=O) groups excluding carboxylic acids is 1. The van der Waals surface area contributed by atoms with Crippen LogP contribution >= 0.6 is 0 Å². The Morgan fingerprint density at radius 2 is 2.22 bits per heavy atom. The summed E-state index contributed by atoms with van der Waals surface area (Å²) < 4.78 is 4.61. The van der Waals surface area contributed by atoms with Gasteiger partial charge in [0.05, 0.1) is 0 Å². The van der Waals surface area contributed by atoms with Gasteiger partial charge in [0.25, 0.3) is 0 Å². The van der Waals surface area contributed by atoms with Gasteiger partial charge in [0, 0.05) is 0 Å². The van der Waals surface area contributed by atoms with Crippen LogP contribution in [0.5, 0.6) is 0 Å². The van der Waals surface area contributed by atoms with Crippen LogP contribution < -0.4 is 5.73 Å². The van der Waals surface area contributed by atoms with E-state index in [1.165, 1.54) is 6.08 Å². The quantitative estimate of drug-likeness (QED) is 0.566. The zero-order valence-electron chi connectivity index (χ0n) is 5.68. The summed E-state index contributed by atoms with van der Waals surface area (Å²) in [6, 6.07) is 0. The predicted octanol–water partition coefficient (Wildman–Crippen LogP) is 1.05. The van der Waals surface area contributed by atoms with Crippen LogP contribution in [-0.4, -0.2) is 11.7 Å². The summed E-state index contributed by atoms with van der Waals surface area (Å²) in [6.45, 7) is 6.85. The van der Waals surface area contributed by atoms with Crippen molar-refractivity contribution in [2.24, 2.45) is 5.73 Å². The van der Waals surface area contributed by atoms with Gasteiger partial charge in [-0.15, -0.1) is 0 Å². The summed E-state index contributed by atoms with van der Waals surface area (Å²) in [5.74, 6) is 0. The molecule has 0 saturated carbocycles. The van der Waals surface area contributed by atoms with Crippen molar-refractivity contribution in [1.82, 2.24) is 0 Å². The molecule has 2 N–H and O–H groups in total. The predicted molar refractivity (Wildman–Crippen MR) is 34.9 cm³/mol. The van der Waals surface area contributed by atoms with Crippen LogP contribution in [0.15, 0.2) is 12.7 Å². The molecule has 52 valence electrons. The Morgan fingerprint density at radius 1 is 1.78 bits per heavy atom. The summed E-state index contributed by atoms with van der Waals surface area (Å²) in [5.41, 5.74) is 4.10. The molecule has 0 radical (unpaired) electrons. The third-order valence-corrected chi connectivity index (χ3v) is 0.855. The largest absolute Gasteiger partial charge is 0.439 e. The first-order valence-electron chi connectivity index (χ1n) is 2.60. The van der Waals surface area contributed by atoms with E-state index in [-0.39, 0.29) is 0 Å². The lowest BCUT2D eigenvalue weighted by atomic mass is 10.1. The zero-order chi connectivity index (χ0) is 7.49. The van der Waals surface area contributed by atoms with Crippen molar-refractivity contribution in [3.8, 4) is 0 Å². The van der Waals surface area contributed by atoms with Gasteiger partial charge in [0.1, 0.15) is 5.60 Å². The monoisotopic (exact) mass is 129 g/mol. The number of hydrogen-bond acceptors (Lipinski definition) is 2. The van der Waals surface area contributed by atoms with Crippen LogP contribution in [0.25, 0.3) is 0 Å². The molecule has 0 rings (SSSR count). The molecule has 1 amide bonds. The van der Waals surface area contributed by atoms with Crippen molar-refractivity contribution in [1.29, 1.82) is 0 Å². The van der Waals surface area contributed by atoms with E-state index >= 15 is 0 Å². The van der Waals surface area contributed by atoms with Crippen LogP contribution in [0.3, 0.4) is 0 Å².